The van der Waals surface area contributed by atoms with Gasteiger partial charge in [-0.3, -0.25) is 4.79 Å². The maximum absolute atomic E-state index is 12.1. The van der Waals surface area contributed by atoms with Crippen molar-refractivity contribution in [3.63, 3.8) is 0 Å². The number of carbonyl (C=O) groups excluding carboxylic acids is 2. The van der Waals surface area contributed by atoms with Crippen molar-refractivity contribution in [2.45, 2.75) is 13.8 Å². The van der Waals surface area contributed by atoms with Gasteiger partial charge < -0.3 is 14.2 Å². The molecule has 0 amide bonds. The lowest BCUT2D eigenvalue weighted by Crippen LogP contribution is -2.04. The van der Waals surface area contributed by atoms with Crippen molar-refractivity contribution in [3.05, 3.63) is 49.8 Å². The van der Waals surface area contributed by atoms with Crippen molar-refractivity contribution < 1.29 is 23.8 Å². The average molecular weight is 436 g/mol. The van der Waals surface area contributed by atoms with E-state index in [2.05, 4.69) is 20.9 Å². The van der Waals surface area contributed by atoms with Crippen LogP contribution in [-0.4, -0.2) is 24.9 Å². The highest BCUT2D eigenvalue weighted by atomic mass is 79.9. The third-order valence-corrected chi connectivity index (χ3v) is 4.95. The number of thiophene rings is 1. The first-order valence-electron chi connectivity index (χ1n) is 7.52. The molecule has 1 aliphatic rings. The zero-order valence-electron chi connectivity index (χ0n) is 14.2. The zero-order valence-corrected chi connectivity index (χ0v) is 16.6. The molecule has 1 aromatic heterocycles. The molecule has 0 bridgehead atoms. The number of hydrogen-bond donors (Lipinski definition) is 0. The summed E-state index contributed by atoms with van der Waals surface area (Å²) in [6, 6.07) is 7.15. The van der Waals surface area contributed by atoms with Crippen molar-refractivity contribution in [2.24, 2.45) is 4.99 Å². The average Bonchev–Trinajstić information content (AvgIpc) is 3.16. The third-order valence-electron chi connectivity index (χ3n) is 3.37. The summed E-state index contributed by atoms with van der Waals surface area (Å²) >= 11 is 4.85. The molecule has 0 N–H and O–H groups in total. The molecule has 0 radical (unpaired) electrons. The molecule has 1 aliphatic heterocycles. The largest absolute Gasteiger partial charge is 0.493 e. The molecule has 1 aromatic carbocycles. The normalized spacial score (nSPS) is 15.0. The lowest BCUT2D eigenvalue weighted by molar-refractivity contribution is -0.132. The summed E-state index contributed by atoms with van der Waals surface area (Å²) in [6.07, 6.45) is 1.58. The molecule has 0 fully saturated rings. The Morgan fingerprint density at radius 2 is 2.12 bits per heavy atom. The summed E-state index contributed by atoms with van der Waals surface area (Å²) in [7, 11) is 1.46. The van der Waals surface area contributed by atoms with Crippen LogP contribution >= 0.6 is 27.3 Å². The van der Waals surface area contributed by atoms with Crippen molar-refractivity contribution >= 4 is 51.2 Å². The molecular formula is C18H14BrNO5S. The fourth-order valence-electron chi connectivity index (χ4n) is 2.29. The number of rotatable bonds is 4. The van der Waals surface area contributed by atoms with E-state index < -0.39 is 11.9 Å². The van der Waals surface area contributed by atoms with Gasteiger partial charge in [-0.2, -0.15) is 0 Å². The van der Waals surface area contributed by atoms with Crippen LogP contribution in [0.4, 0.5) is 0 Å². The van der Waals surface area contributed by atoms with Gasteiger partial charge >= 0.3 is 11.9 Å². The monoisotopic (exact) mass is 435 g/mol. The Bertz CT molecular complexity index is 960. The summed E-state index contributed by atoms with van der Waals surface area (Å²) in [5.41, 5.74) is 0.823. The van der Waals surface area contributed by atoms with E-state index in [1.165, 1.54) is 25.4 Å². The molecule has 0 unspecified atom stereocenters. The number of benzene rings is 1. The molecule has 0 atom stereocenters. The highest BCUT2D eigenvalue weighted by Crippen LogP contribution is 2.37. The lowest BCUT2D eigenvalue weighted by Gasteiger charge is -2.11. The highest BCUT2D eigenvalue weighted by Gasteiger charge is 2.25. The van der Waals surface area contributed by atoms with Gasteiger partial charge in [0.25, 0.3) is 0 Å². The van der Waals surface area contributed by atoms with Gasteiger partial charge in [0.05, 0.1) is 16.5 Å². The predicted octanol–water partition coefficient (Wildman–Crippen LogP) is 4.10. The van der Waals surface area contributed by atoms with Crippen LogP contribution in [0.15, 0.2) is 39.4 Å². The topological polar surface area (TPSA) is 74.2 Å². The minimum Gasteiger partial charge on any atom is -0.493 e. The Morgan fingerprint density at radius 3 is 2.73 bits per heavy atom. The van der Waals surface area contributed by atoms with Crippen LogP contribution in [0, 0.1) is 6.92 Å². The zero-order chi connectivity index (χ0) is 18.8. The van der Waals surface area contributed by atoms with E-state index in [0.29, 0.717) is 21.7 Å². The van der Waals surface area contributed by atoms with E-state index in [1.807, 2.05) is 19.1 Å². The minimum absolute atomic E-state index is 0.181. The molecule has 0 saturated heterocycles. The summed E-state index contributed by atoms with van der Waals surface area (Å²) in [5, 5.41) is 0. The smallest absolute Gasteiger partial charge is 0.363 e. The summed E-state index contributed by atoms with van der Waals surface area (Å²) < 4.78 is 16.2. The summed E-state index contributed by atoms with van der Waals surface area (Å²) in [4.78, 5) is 29.5. The number of carbonyl (C=O) groups is 2. The molecular weight excluding hydrogens is 422 g/mol. The lowest BCUT2D eigenvalue weighted by atomic mass is 10.1. The molecule has 0 saturated carbocycles. The van der Waals surface area contributed by atoms with Crippen LogP contribution in [0.2, 0.25) is 0 Å². The van der Waals surface area contributed by atoms with Crippen molar-refractivity contribution in [1.29, 1.82) is 0 Å². The highest BCUT2D eigenvalue weighted by molar-refractivity contribution is 9.10. The van der Waals surface area contributed by atoms with E-state index in [-0.39, 0.29) is 11.4 Å². The Labute approximate surface area is 162 Å². The van der Waals surface area contributed by atoms with E-state index in [0.717, 1.165) is 9.75 Å². The van der Waals surface area contributed by atoms with Crippen molar-refractivity contribution in [3.8, 4) is 11.5 Å². The van der Waals surface area contributed by atoms with E-state index in [4.69, 9.17) is 14.2 Å². The number of esters is 2. The van der Waals surface area contributed by atoms with Crippen LogP contribution in [0.1, 0.15) is 22.2 Å². The first-order valence-corrected chi connectivity index (χ1v) is 9.13. The molecule has 2 heterocycles. The Kier molecular flexibility index (Phi) is 5.24. The van der Waals surface area contributed by atoms with Crippen LogP contribution in [0.25, 0.3) is 6.08 Å². The van der Waals surface area contributed by atoms with Crippen molar-refractivity contribution in [1.82, 2.24) is 0 Å². The number of halogens is 1. The van der Waals surface area contributed by atoms with Crippen LogP contribution in [-0.2, 0) is 14.3 Å². The number of aliphatic imine (C=N–C) groups is 1. The molecule has 8 heteroatoms. The van der Waals surface area contributed by atoms with Gasteiger partial charge in [0, 0.05) is 11.8 Å². The third kappa shape index (κ3) is 3.86. The number of hydrogen-bond acceptors (Lipinski definition) is 7. The second-order valence-electron chi connectivity index (χ2n) is 5.37. The number of ether oxygens (including phenoxy) is 3. The van der Waals surface area contributed by atoms with E-state index >= 15 is 0 Å². The maximum Gasteiger partial charge on any atom is 0.363 e. The quantitative estimate of drug-likeness (QED) is 0.410. The number of cyclic esters (lactones) is 1. The second kappa shape index (κ2) is 7.43. The van der Waals surface area contributed by atoms with Gasteiger partial charge in [-0.05, 0) is 58.8 Å². The number of aryl methyl sites for hydroxylation is 1. The standard InChI is InChI=1S/C18H14BrNO5S/c1-9-4-5-15(26-9)17-20-13(18(22)25-17)7-11-6-12(19)16(24-10(2)21)14(8-11)23-3/h4-8H,1-3H3/b13-7-. The Balaban J connectivity index is 1.96. The van der Waals surface area contributed by atoms with Crippen LogP contribution in [0.3, 0.4) is 0 Å². The molecule has 134 valence electrons. The second-order valence-corrected chi connectivity index (χ2v) is 7.52. The van der Waals surface area contributed by atoms with Crippen molar-refractivity contribution in [2.75, 3.05) is 7.11 Å². The van der Waals surface area contributed by atoms with Gasteiger partial charge in [0.2, 0.25) is 5.90 Å². The van der Waals surface area contributed by atoms with Gasteiger partial charge in [-0.1, -0.05) is 0 Å². The minimum atomic E-state index is -0.523. The SMILES string of the molecule is COc1cc(/C=C2\N=C(c3ccc(C)s3)OC2=O)cc(Br)c1OC(C)=O. The predicted molar refractivity (Wildman–Crippen MR) is 102 cm³/mol. The van der Waals surface area contributed by atoms with Crippen LogP contribution in [0.5, 0.6) is 11.5 Å². The molecule has 0 spiro atoms. The maximum atomic E-state index is 12.1. The summed E-state index contributed by atoms with van der Waals surface area (Å²) in [6.45, 7) is 3.27. The molecule has 2 aromatic rings. The van der Waals surface area contributed by atoms with E-state index in [1.54, 1.807) is 18.2 Å². The van der Waals surface area contributed by atoms with Gasteiger partial charge in [-0.25, -0.2) is 9.79 Å². The van der Waals surface area contributed by atoms with Gasteiger partial charge in [0.1, 0.15) is 0 Å². The molecule has 6 nitrogen and oxygen atoms in total. The molecule has 26 heavy (non-hydrogen) atoms. The summed E-state index contributed by atoms with van der Waals surface area (Å²) in [5.74, 6) is -0.0673. The molecule has 3 rings (SSSR count). The Morgan fingerprint density at radius 1 is 1.35 bits per heavy atom. The van der Waals surface area contributed by atoms with Crippen LogP contribution < -0.4 is 9.47 Å². The fourth-order valence-corrected chi connectivity index (χ4v) is 3.62. The number of nitrogens with zero attached hydrogens (tertiary/aromatic N) is 1. The first kappa shape index (κ1) is 18.3. The Hall–Kier alpha value is -2.45. The number of methoxy groups -OCH3 is 1. The fraction of sp³-hybridized carbons (Fsp3) is 0.167. The first-order chi connectivity index (χ1) is 12.4. The van der Waals surface area contributed by atoms with Gasteiger partial charge in [0.15, 0.2) is 17.2 Å². The van der Waals surface area contributed by atoms with E-state index in [9.17, 15) is 9.59 Å². The molecule has 0 aliphatic carbocycles. The van der Waals surface area contributed by atoms with Gasteiger partial charge in [-0.15, -0.1) is 11.3 Å².